The Morgan fingerprint density at radius 2 is 1.95 bits per heavy atom. The number of nitrogens with one attached hydrogen (secondary N) is 1. The second-order valence-corrected chi connectivity index (χ2v) is 5.00. The minimum absolute atomic E-state index is 0.101. The summed E-state index contributed by atoms with van der Waals surface area (Å²) in [4.78, 5) is 4.43. The second-order valence-electron chi connectivity index (χ2n) is 5.00. The van der Waals surface area contributed by atoms with Crippen LogP contribution in [0.3, 0.4) is 0 Å². The maximum absolute atomic E-state index is 13.7. The van der Waals surface area contributed by atoms with Crippen molar-refractivity contribution in [2.24, 2.45) is 0 Å². The lowest BCUT2D eigenvalue weighted by Crippen LogP contribution is -2.21. The molecule has 0 fully saturated rings. The van der Waals surface area contributed by atoms with Crippen LogP contribution in [0.4, 0.5) is 8.78 Å². The number of likely N-dealkylation sites (N-methyl/N-ethyl adjacent to an activating group) is 1. The van der Waals surface area contributed by atoms with Crippen LogP contribution in [0.15, 0.2) is 30.5 Å². The number of benzene rings is 1. The largest absolute Gasteiger partial charge is 0.311 e. The van der Waals surface area contributed by atoms with Gasteiger partial charge in [0.05, 0.1) is 11.7 Å². The summed E-state index contributed by atoms with van der Waals surface area (Å²) < 4.78 is 26.7. The third kappa shape index (κ3) is 3.20. The van der Waals surface area contributed by atoms with Crippen molar-refractivity contribution in [1.82, 2.24) is 10.3 Å². The Morgan fingerprint density at radius 1 is 1.20 bits per heavy atom. The standard InChI is InChI=1S/C16H18F2N2/c1-10-6-11(2)16(20-9-10)15(19-3)7-12-4-5-13(17)8-14(12)18/h4-6,8-9,15,19H,7H2,1-3H3. The molecule has 1 heterocycles. The minimum atomic E-state index is -0.558. The smallest absolute Gasteiger partial charge is 0.129 e. The van der Waals surface area contributed by atoms with E-state index in [0.717, 1.165) is 22.9 Å². The maximum atomic E-state index is 13.7. The number of pyridine rings is 1. The Balaban J connectivity index is 2.28. The van der Waals surface area contributed by atoms with Gasteiger partial charge in [0.2, 0.25) is 0 Å². The molecule has 2 rings (SSSR count). The van der Waals surface area contributed by atoms with E-state index in [1.165, 1.54) is 12.1 Å². The first-order valence-corrected chi connectivity index (χ1v) is 6.55. The molecule has 0 aliphatic carbocycles. The molecular formula is C16H18F2N2. The zero-order chi connectivity index (χ0) is 14.7. The van der Waals surface area contributed by atoms with Crippen molar-refractivity contribution in [1.29, 1.82) is 0 Å². The first-order valence-electron chi connectivity index (χ1n) is 6.55. The van der Waals surface area contributed by atoms with E-state index in [1.54, 1.807) is 6.20 Å². The molecule has 20 heavy (non-hydrogen) atoms. The van der Waals surface area contributed by atoms with E-state index in [0.29, 0.717) is 12.0 Å². The highest BCUT2D eigenvalue weighted by Gasteiger charge is 2.16. The van der Waals surface area contributed by atoms with Gasteiger partial charge in [-0.2, -0.15) is 0 Å². The molecule has 0 saturated heterocycles. The normalized spacial score (nSPS) is 12.4. The predicted octanol–water partition coefficient (Wildman–Crippen LogP) is 3.48. The molecule has 0 amide bonds. The summed E-state index contributed by atoms with van der Waals surface area (Å²) in [7, 11) is 1.81. The first-order chi connectivity index (χ1) is 9.51. The zero-order valence-electron chi connectivity index (χ0n) is 11.9. The molecule has 0 saturated carbocycles. The lowest BCUT2D eigenvalue weighted by Gasteiger charge is -2.18. The van der Waals surface area contributed by atoms with Gasteiger partial charge < -0.3 is 5.32 Å². The van der Waals surface area contributed by atoms with E-state index >= 15 is 0 Å². The van der Waals surface area contributed by atoms with E-state index in [9.17, 15) is 8.78 Å². The van der Waals surface area contributed by atoms with Crippen molar-refractivity contribution >= 4 is 0 Å². The van der Waals surface area contributed by atoms with Crippen LogP contribution in [0.5, 0.6) is 0 Å². The van der Waals surface area contributed by atoms with E-state index in [-0.39, 0.29) is 6.04 Å². The van der Waals surface area contributed by atoms with Crippen molar-refractivity contribution in [3.8, 4) is 0 Å². The summed E-state index contributed by atoms with van der Waals surface area (Å²) >= 11 is 0. The molecule has 2 nitrogen and oxygen atoms in total. The summed E-state index contributed by atoms with van der Waals surface area (Å²) in [5.74, 6) is -1.08. The van der Waals surface area contributed by atoms with E-state index in [4.69, 9.17) is 0 Å². The van der Waals surface area contributed by atoms with E-state index in [1.807, 2.05) is 27.0 Å². The summed E-state index contributed by atoms with van der Waals surface area (Å²) in [6.45, 7) is 3.97. The SMILES string of the molecule is CNC(Cc1ccc(F)cc1F)c1ncc(C)cc1C. The van der Waals surface area contributed by atoms with Gasteiger partial charge in [0.1, 0.15) is 11.6 Å². The number of hydrogen-bond donors (Lipinski definition) is 1. The average molecular weight is 276 g/mol. The van der Waals surface area contributed by atoms with Gasteiger partial charge in [0.25, 0.3) is 0 Å². The molecule has 1 aromatic carbocycles. The Hall–Kier alpha value is -1.81. The van der Waals surface area contributed by atoms with Crippen LogP contribution in [0.25, 0.3) is 0 Å². The van der Waals surface area contributed by atoms with Crippen LogP contribution in [0.1, 0.15) is 28.4 Å². The summed E-state index contributed by atoms with van der Waals surface area (Å²) in [5, 5.41) is 3.15. The van der Waals surface area contributed by atoms with Gasteiger partial charge in [0.15, 0.2) is 0 Å². The fraction of sp³-hybridized carbons (Fsp3) is 0.312. The molecule has 106 valence electrons. The molecule has 4 heteroatoms. The number of aryl methyl sites for hydroxylation is 2. The summed E-state index contributed by atoms with van der Waals surface area (Å²) in [5.41, 5.74) is 3.52. The Labute approximate surface area is 117 Å². The van der Waals surface area contributed by atoms with Crippen molar-refractivity contribution in [2.45, 2.75) is 26.3 Å². The van der Waals surface area contributed by atoms with Crippen LogP contribution in [0, 0.1) is 25.5 Å². The predicted molar refractivity (Wildman–Crippen MR) is 75.6 cm³/mol. The third-order valence-corrected chi connectivity index (χ3v) is 3.37. The molecule has 1 N–H and O–H groups in total. The summed E-state index contributed by atoms with van der Waals surface area (Å²) in [6, 6.07) is 5.63. The second kappa shape index (κ2) is 6.09. The molecule has 0 aliphatic rings. The average Bonchev–Trinajstić information content (AvgIpc) is 2.39. The van der Waals surface area contributed by atoms with Gasteiger partial charge in [-0.15, -0.1) is 0 Å². The third-order valence-electron chi connectivity index (χ3n) is 3.37. The Morgan fingerprint density at radius 3 is 2.55 bits per heavy atom. The topological polar surface area (TPSA) is 24.9 Å². The lowest BCUT2D eigenvalue weighted by atomic mass is 9.99. The maximum Gasteiger partial charge on any atom is 0.129 e. The van der Waals surface area contributed by atoms with E-state index < -0.39 is 11.6 Å². The van der Waals surface area contributed by atoms with Crippen LogP contribution in [0.2, 0.25) is 0 Å². The monoisotopic (exact) mass is 276 g/mol. The first kappa shape index (κ1) is 14.6. The van der Waals surface area contributed by atoms with Gasteiger partial charge in [-0.3, -0.25) is 4.98 Å². The summed E-state index contributed by atoms with van der Waals surface area (Å²) in [6.07, 6.45) is 2.23. The highest BCUT2D eigenvalue weighted by Crippen LogP contribution is 2.22. The number of hydrogen-bond acceptors (Lipinski definition) is 2. The molecule has 1 unspecified atom stereocenters. The van der Waals surface area contributed by atoms with Crippen molar-refractivity contribution < 1.29 is 8.78 Å². The zero-order valence-corrected chi connectivity index (χ0v) is 11.9. The van der Waals surface area contributed by atoms with Crippen LogP contribution >= 0.6 is 0 Å². The number of nitrogens with zero attached hydrogens (tertiary/aromatic N) is 1. The fourth-order valence-electron chi connectivity index (χ4n) is 2.33. The highest BCUT2D eigenvalue weighted by molar-refractivity contribution is 5.28. The van der Waals surface area contributed by atoms with Gasteiger partial charge in [-0.05, 0) is 50.1 Å². The molecule has 0 spiro atoms. The van der Waals surface area contributed by atoms with Crippen LogP contribution in [-0.4, -0.2) is 12.0 Å². The molecule has 0 radical (unpaired) electrons. The van der Waals surface area contributed by atoms with E-state index in [2.05, 4.69) is 10.3 Å². The van der Waals surface area contributed by atoms with Gasteiger partial charge in [0, 0.05) is 12.3 Å². The molecular weight excluding hydrogens is 258 g/mol. The van der Waals surface area contributed by atoms with Crippen molar-refractivity contribution in [3.05, 3.63) is 64.5 Å². The number of halogens is 2. The molecule has 1 aromatic heterocycles. The highest BCUT2D eigenvalue weighted by atomic mass is 19.1. The molecule has 0 aliphatic heterocycles. The minimum Gasteiger partial charge on any atom is -0.311 e. The van der Waals surface area contributed by atoms with Gasteiger partial charge in [-0.25, -0.2) is 8.78 Å². The number of rotatable bonds is 4. The molecule has 2 aromatic rings. The fourth-order valence-corrected chi connectivity index (χ4v) is 2.33. The van der Waals surface area contributed by atoms with Gasteiger partial charge >= 0.3 is 0 Å². The van der Waals surface area contributed by atoms with Crippen LogP contribution in [-0.2, 0) is 6.42 Å². The number of aromatic nitrogens is 1. The van der Waals surface area contributed by atoms with Crippen molar-refractivity contribution in [2.75, 3.05) is 7.05 Å². The molecule has 0 bridgehead atoms. The van der Waals surface area contributed by atoms with Crippen molar-refractivity contribution in [3.63, 3.8) is 0 Å². The Bertz CT molecular complexity index is 611. The molecule has 1 atom stereocenters. The quantitative estimate of drug-likeness (QED) is 0.924. The Kier molecular flexibility index (Phi) is 4.45. The van der Waals surface area contributed by atoms with Gasteiger partial charge in [-0.1, -0.05) is 12.1 Å². The van der Waals surface area contributed by atoms with Crippen LogP contribution < -0.4 is 5.32 Å². The lowest BCUT2D eigenvalue weighted by molar-refractivity contribution is 0.532.